The first kappa shape index (κ1) is 17.3. The molecule has 2 bridgehead atoms. The first-order valence-corrected chi connectivity index (χ1v) is 10.5. The molecule has 5 unspecified atom stereocenters. The molecule has 3 aliphatic rings. The van der Waals surface area contributed by atoms with Gasteiger partial charge in [0.25, 0.3) is 0 Å². The normalized spacial score (nSPS) is 35.9. The highest BCUT2D eigenvalue weighted by Crippen LogP contribution is 2.37. The molecule has 4 rings (SSSR count). The predicted octanol–water partition coefficient (Wildman–Crippen LogP) is 2.62. The van der Waals surface area contributed by atoms with E-state index in [1.54, 1.807) is 0 Å². The zero-order valence-corrected chi connectivity index (χ0v) is 16.1. The average Bonchev–Trinajstić information content (AvgIpc) is 3.36. The highest BCUT2D eigenvalue weighted by molar-refractivity contribution is 7.10. The largest absolute Gasteiger partial charge is 0.373 e. The fourth-order valence-electron chi connectivity index (χ4n) is 4.77. The SMILES string of the molecule is CN=C(NCC1CCCN(C)C1c1cccs1)NC1CC2CCC1O2. The fourth-order valence-corrected chi connectivity index (χ4v) is 5.75. The van der Waals surface area contributed by atoms with Gasteiger partial charge in [-0.05, 0) is 63.1 Å². The zero-order valence-electron chi connectivity index (χ0n) is 15.3. The van der Waals surface area contributed by atoms with Gasteiger partial charge in [0.1, 0.15) is 0 Å². The molecule has 5 atom stereocenters. The van der Waals surface area contributed by atoms with Gasteiger partial charge < -0.3 is 15.4 Å². The summed E-state index contributed by atoms with van der Waals surface area (Å²) in [5, 5.41) is 9.39. The van der Waals surface area contributed by atoms with Crippen molar-refractivity contribution in [2.24, 2.45) is 10.9 Å². The predicted molar refractivity (Wildman–Crippen MR) is 103 cm³/mol. The highest BCUT2D eigenvalue weighted by atomic mass is 32.1. The first-order valence-electron chi connectivity index (χ1n) is 9.61. The van der Waals surface area contributed by atoms with Crippen LogP contribution >= 0.6 is 11.3 Å². The summed E-state index contributed by atoms with van der Waals surface area (Å²) in [5.41, 5.74) is 0. The third-order valence-corrected chi connectivity index (χ3v) is 6.97. The lowest BCUT2D eigenvalue weighted by Crippen LogP contribution is -2.49. The van der Waals surface area contributed by atoms with Crippen molar-refractivity contribution in [3.05, 3.63) is 22.4 Å². The number of hydrogen-bond donors (Lipinski definition) is 2. The molecule has 1 aromatic rings. The second kappa shape index (κ2) is 7.64. The maximum Gasteiger partial charge on any atom is 0.191 e. The van der Waals surface area contributed by atoms with E-state index >= 15 is 0 Å². The molecular formula is C19H30N4OS. The number of ether oxygens (including phenoxy) is 1. The Labute approximate surface area is 154 Å². The molecule has 0 radical (unpaired) electrons. The Morgan fingerprint density at radius 1 is 1.40 bits per heavy atom. The lowest BCUT2D eigenvalue weighted by Gasteiger charge is -2.39. The topological polar surface area (TPSA) is 48.9 Å². The number of thiophene rings is 1. The van der Waals surface area contributed by atoms with Gasteiger partial charge in [-0.3, -0.25) is 9.89 Å². The molecule has 3 saturated heterocycles. The van der Waals surface area contributed by atoms with Crippen molar-refractivity contribution in [3.8, 4) is 0 Å². The minimum atomic E-state index is 0.378. The molecule has 0 amide bonds. The van der Waals surface area contributed by atoms with Gasteiger partial charge in [0.2, 0.25) is 0 Å². The second-order valence-corrected chi connectivity index (χ2v) is 8.64. The summed E-state index contributed by atoms with van der Waals surface area (Å²) in [7, 11) is 4.13. The summed E-state index contributed by atoms with van der Waals surface area (Å²) in [6, 6.07) is 5.39. The number of hydrogen-bond acceptors (Lipinski definition) is 4. The minimum absolute atomic E-state index is 0.378. The molecule has 3 fully saturated rings. The van der Waals surface area contributed by atoms with Crippen LogP contribution in [-0.4, -0.2) is 56.3 Å². The molecular weight excluding hydrogens is 332 g/mol. The van der Waals surface area contributed by atoms with Gasteiger partial charge in [-0.2, -0.15) is 0 Å². The molecule has 0 aliphatic carbocycles. The van der Waals surface area contributed by atoms with E-state index in [1.807, 2.05) is 18.4 Å². The van der Waals surface area contributed by atoms with E-state index in [9.17, 15) is 0 Å². The standard InChI is InChI=1S/C19H30N4OS/c1-20-19(22-15-11-14-7-8-16(15)24-14)21-12-13-5-3-9-23(2)18(13)17-6-4-10-25-17/h4,6,10,13-16,18H,3,5,7-9,11-12H2,1-2H3,(H2,20,21,22). The summed E-state index contributed by atoms with van der Waals surface area (Å²) < 4.78 is 5.95. The van der Waals surface area contributed by atoms with Crippen molar-refractivity contribution in [2.45, 2.75) is 56.4 Å². The number of nitrogens with zero attached hydrogens (tertiary/aromatic N) is 2. The van der Waals surface area contributed by atoms with Gasteiger partial charge in [-0.1, -0.05) is 6.07 Å². The van der Waals surface area contributed by atoms with Crippen LogP contribution in [0.1, 0.15) is 43.0 Å². The van der Waals surface area contributed by atoms with Crippen LogP contribution in [0.25, 0.3) is 0 Å². The van der Waals surface area contributed by atoms with Gasteiger partial charge in [-0.25, -0.2) is 0 Å². The van der Waals surface area contributed by atoms with Crippen LogP contribution in [0.2, 0.25) is 0 Å². The number of piperidine rings is 1. The Kier molecular flexibility index (Phi) is 5.29. The van der Waals surface area contributed by atoms with Crippen LogP contribution in [0, 0.1) is 5.92 Å². The summed E-state index contributed by atoms with van der Waals surface area (Å²) in [6.07, 6.45) is 6.93. The van der Waals surface area contributed by atoms with Gasteiger partial charge in [0.15, 0.2) is 5.96 Å². The van der Waals surface area contributed by atoms with Crippen molar-refractivity contribution >= 4 is 17.3 Å². The van der Waals surface area contributed by atoms with E-state index < -0.39 is 0 Å². The third-order valence-electron chi connectivity index (χ3n) is 6.03. The Balaban J connectivity index is 1.35. The number of guanidine groups is 1. The van der Waals surface area contributed by atoms with Gasteiger partial charge in [0.05, 0.1) is 18.2 Å². The number of fused-ring (bicyclic) bond motifs is 2. The molecule has 25 heavy (non-hydrogen) atoms. The molecule has 5 nitrogen and oxygen atoms in total. The molecule has 4 heterocycles. The number of nitrogens with one attached hydrogen (secondary N) is 2. The summed E-state index contributed by atoms with van der Waals surface area (Å²) in [5.74, 6) is 1.55. The van der Waals surface area contributed by atoms with Crippen LogP contribution in [0.4, 0.5) is 0 Å². The van der Waals surface area contributed by atoms with Gasteiger partial charge in [0, 0.05) is 24.5 Å². The minimum Gasteiger partial charge on any atom is -0.373 e. The van der Waals surface area contributed by atoms with Crippen molar-refractivity contribution in [1.29, 1.82) is 0 Å². The van der Waals surface area contributed by atoms with Crippen LogP contribution in [0.15, 0.2) is 22.5 Å². The van der Waals surface area contributed by atoms with Crippen LogP contribution in [0.3, 0.4) is 0 Å². The Bertz CT molecular complexity index is 590. The van der Waals surface area contributed by atoms with Crippen molar-refractivity contribution in [2.75, 3.05) is 27.2 Å². The summed E-state index contributed by atoms with van der Waals surface area (Å²) in [6.45, 7) is 2.16. The second-order valence-electron chi connectivity index (χ2n) is 7.66. The van der Waals surface area contributed by atoms with Crippen LogP contribution in [-0.2, 0) is 4.74 Å². The van der Waals surface area contributed by atoms with Crippen molar-refractivity contribution < 1.29 is 4.74 Å². The van der Waals surface area contributed by atoms with Crippen LogP contribution in [0.5, 0.6) is 0 Å². The Morgan fingerprint density at radius 2 is 2.32 bits per heavy atom. The van der Waals surface area contributed by atoms with Crippen molar-refractivity contribution in [3.63, 3.8) is 0 Å². The highest BCUT2D eigenvalue weighted by Gasteiger charge is 2.41. The average molecular weight is 363 g/mol. The molecule has 0 saturated carbocycles. The van der Waals surface area contributed by atoms with E-state index in [1.165, 1.54) is 37.1 Å². The quantitative estimate of drug-likeness (QED) is 0.639. The van der Waals surface area contributed by atoms with Crippen LogP contribution < -0.4 is 10.6 Å². The summed E-state index contributed by atoms with van der Waals surface area (Å²) >= 11 is 1.88. The number of aliphatic imine (C=N–C) groups is 1. The molecule has 1 aromatic heterocycles. The zero-order chi connectivity index (χ0) is 17.2. The number of likely N-dealkylation sites (tertiary alicyclic amines) is 1. The van der Waals surface area contributed by atoms with Gasteiger partial charge >= 0.3 is 0 Å². The number of rotatable bonds is 4. The molecule has 0 aromatic carbocycles. The molecule has 0 spiro atoms. The lowest BCUT2D eigenvalue weighted by atomic mass is 9.88. The maximum atomic E-state index is 5.95. The Morgan fingerprint density at radius 3 is 3.00 bits per heavy atom. The fraction of sp³-hybridized carbons (Fsp3) is 0.737. The van der Waals surface area contributed by atoms with Gasteiger partial charge in [-0.15, -0.1) is 11.3 Å². The van der Waals surface area contributed by atoms with E-state index in [2.05, 4.69) is 45.1 Å². The molecule has 6 heteroatoms. The van der Waals surface area contributed by atoms with E-state index in [-0.39, 0.29) is 0 Å². The lowest BCUT2D eigenvalue weighted by molar-refractivity contribution is 0.0991. The van der Waals surface area contributed by atoms with E-state index in [0.29, 0.717) is 30.2 Å². The smallest absolute Gasteiger partial charge is 0.191 e. The van der Waals surface area contributed by atoms with E-state index in [4.69, 9.17) is 4.74 Å². The first-order chi connectivity index (χ1) is 12.2. The molecule has 2 N–H and O–H groups in total. The third kappa shape index (κ3) is 3.71. The Hall–Kier alpha value is -1.11. The molecule has 3 aliphatic heterocycles. The molecule has 138 valence electrons. The summed E-state index contributed by atoms with van der Waals surface area (Å²) in [4.78, 5) is 8.45. The van der Waals surface area contributed by atoms with Crippen molar-refractivity contribution in [1.82, 2.24) is 15.5 Å². The monoisotopic (exact) mass is 362 g/mol. The van der Waals surface area contributed by atoms with E-state index in [0.717, 1.165) is 18.9 Å². The maximum absolute atomic E-state index is 5.95.